The van der Waals surface area contributed by atoms with Crippen molar-refractivity contribution < 1.29 is 9.53 Å². The molecule has 0 saturated carbocycles. The first-order valence-electron chi connectivity index (χ1n) is 5.27. The lowest BCUT2D eigenvalue weighted by molar-refractivity contribution is -0.145. The highest BCUT2D eigenvalue weighted by atomic mass is 79.9. The second kappa shape index (κ2) is 6.66. The first-order valence-corrected chi connectivity index (χ1v) is 6.06. The number of hydrogen-bond donors (Lipinski definition) is 1. The molecule has 1 unspecified atom stereocenters. The largest absolute Gasteiger partial charge is 0.461 e. The van der Waals surface area contributed by atoms with Crippen LogP contribution in [0.5, 0.6) is 0 Å². The van der Waals surface area contributed by atoms with Crippen LogP contribution in [0.4, 0.5) is 0 Å². The van der Waals surface area contributed by atoms with Gasteiger partial charge in [-0.15, -0.1) is 0 Å². The van der Waals surface area contributed by atoms with Gasteiger partial charge in [-0.1, -0.05) is 35.0 Å². The van der Waals surface area contributed by atoms with Gasteiger partial charge in [0, 0.05) is 10.5 Å². The summed E-state index contributed by atoms with van der Waals surface area (Å²) in [5.74, 6) is -0.239. The van der Waals surface area contributed by atoms with Gasteiger partial charge in [0.15, 0.2) is 0 Å². The zero-order chi connectivity index (χ0) is 12.0. The van der Waals surface area contributed by atoms with Gasteiger partial charge in [0.2, 0.25) is 0 Å². The van der Waals surface area contributed by atoms with Crippen LogP contribution in [0.1, 0.15) is 25.3 Å². The number of rotatable bonds is 5. The summed E-state index contributed by atoms with van der Waals surface area (Å²) in [5, 5.41) is 0. The summed E-state index contributed by atoms with van der Waals surface area (Å²) in [6, 6.07) is 7.56. The number of halogens is 1. The maximum atomic E-state index is 11.3. The van der Waals surface area contributed by atoms with E-state index in [1.807, 2.05) is 31.2 Å². The molecule has 0 bridgehead atoms. The van der Waals surface area contributed by atoms with Crippen LogP contribution in [-0.4, -0.2) is 12.0 Å². The molecule has 0 saturated heterocycles. The normalized spacial score (nSPS) is 12.2. The van der Waals surface area contributed by atoms with Crippen LogP contribution in [0.15, 0.2) is 28.7 Å². The Kier molecular flexibility index (Phi) is 5.49. The van der Waals surface area contributed by atoms with Crippen molar-refractivity contribution in [3.63, 3.8) is 0 Å². The van der Waals surface area contributed by atoms with Gasteiger partial charge in [-0.05, 0) is 24.1 Å². The molecule has 0 aliphatic rings. The molecule has 0 fully saturated rings. The first-order chi connectivity index (χ1) is 7.61. The second-order valence-electron chi connectivity index (χ2n) is 3.66. The average molecular weight is 286 g/mol. The molecule has 0 amide bonds. The van der Waals surface area contributed by atoms with Crippen LogP contribution in [0.2, 0.25) is 0 Å². The summed E-state index contributed by atoms with van der Waals surface area (Å²) in [6.07, 6.45) is 1.07. The number of nitrogens with two attached hydrogens (primary N) is 1. The van der Waals surface area contributed by atoms with E-state index < -0.39 is 0 Å². The SMILES string of the molecule is CCC(N)CC(=O)OCc1ccc(Br)cc1. The molecule has 1 aromatic rings. The Morgan fingerprint density at radius 3 is 2.62 bits per heavy atom. The molecular weight excluding hydrogens is 270 g/mol. The third kappa shape index (κ3) is 4.77. The lowest BCUT2D eigenvalue weighted by Crippen LogP contribution is -2.23. The fourth-order valence-electron chi connectivity index (χ4n) is 1.16. The molecule has 0 aliphatic heterocycles. The minimum atomic E-state index is -0.239. The van der Waals surface area contributed by atoms with E-state index in [0.717, 1.165) is 16.5 Å². The average Bonchev–Trinajstić information content (AvgIpc) is 2.28. The van der Waals surface area contributed by atoms with Crippen molar-refractivity contribution in [1.82, 2.24) is 0 Å². The van der Waals surface area contributed by atoms with Crippen molar-refractivity contribution in [2.75, 3.05) is 0 Å². The van der Waals surface area contributed by atoms with Crippen LogP contribution in [0, 0.1) is 0 Å². The van der Waals surface area contributed by atoms with Crippen LogP contribution in [0.3, 0.4) is 0 Å². The molecule has 1 aromatic carbocycles. The molecule has 88 valence electrons. The molecule has 0 spiro atoms. The Morgan fingerprint density at radius 1 is 1.44 bits per heavy atom. The van der Waals surface area contributed by atoms with E-state index in [1.54, 1.807) is 0 Å². The van der Waals surface area contributed by atoms with Crippen LogP contribution in [0.25, 0.3) is 0 Å². The Labute approximate surface area is 104 Å². The van der Waals surface area contributed by atoms with Gasteiger partial charge in [0.25, 0.3) is 0 Å². The van der Waals surface area contributed by atoms with E-state index in [2.05, 4.69) is 15.9 Å². The van der Waals surface area contributed by atoms with Crippen molar-refractivity contribution >= 4 is 21.9 Å². The lowest BCUT2D eigenvalue weighted by atomic mass is 10.2. The van der Waals surface area contributed by atoms with Crippen LogP contribution in [-0.2, 0) is 16.1 Å². The Bertz CT molecular complexity index is 337. The lowest BCUT2D eigenvalue weighted by Gasteiger charge is -2.08. The fourth-order valence-corrected chi connectivity index (χ4v) is 1.43. The number of carbonyl (C=O) groups is 1. The minimum absolute atomic E-state index is 0.0996. The predicted molar refractivity (Wildman–Crippen MR) is 66.8 cm³/mol. The van der Waals surface area contributed by atoms with Gasteiger partial charge in [-0.3, -0.25) is 4.79 Å². The van der Waals surface area contributed by atoms with Crippen molar-refractivity contribution in [3.05, 3.63) is 34.3 Å². The topological polar surface area (TPSA) is 52.3 Å². The Hall–Kier alpha value is -0.870. The highest BCUT2D eigenvalue weighted by Crippen LogP contribution is 2.11. The Balaban J connectivity index is 2.34. The van der Waals surface area contributed by atoms with Gasteiger partial charge >= 0.3 is 5.97 Å². The zero-order valence-electron chi connectivity index (χ0n) is 9.28. The van der Waals surface area contributed by atoms with Crippen molar-refractivity contribution in [3.8, 4) is 0 Å². The summed E-state index contributed by atoms with van der Waals surface area (Å²) in [4.78, 5) is 11.3. The summed E-state index contributed by atoms with van der Waals surface area (Å²) in [6.45, 7) is 2.26. The molecule has 3 nitrogen and oxygen atoms in total. The molecule has 1 atom stereocenters. The molecule has 0 heterocycles. The molecule has 1 rings (SSSR count). The van der Waals surface area contributed by atoms with E-state index in [-0.39, 0.29) is 18.4 Å². The summed E-state index contributed by atoms with van der Waals surface area (Å²) >= 11 is 3.34. The monoisotopic (exact) mass is 285 g/mol. The smallest absolute Gasteiger partial charge is 0.307 e. The highest BCUT2D eigenvalue weighted by molar-refractivity contribution is 9.10. The second-order valence-corrected chi connectivity index (χ2v) is 4.58. The van der Waals surface area contributed by atoms with E-state index in [0.29, 0.717) is 6.61 Å². The molecule has 0 aromatic heterocycles. The van der Waals surface area contributed by atoms with Crippen LogP contribution < -0.4 is 5.73 Å². The summed E-state index contributed by atoms with van der Waals surface area (Å²) in [5.41, 5.74) is 6.63. The number of ether oxygens (including phenoxy) is 1. The molecule has 4 heteroatoms. The summed E-state index contributed by atoms with van der Waals surface area (Å²) < 4.78 is 6.12. The first kappa shape index (κ1) is 13.2. The number of esters is 1. The quantitative estimate of drug-likeness (QED) is 0.846. The molecule has 0 aliphatic carbocycles. The number of benzene rings is 1. The maximum Gasteiger partial charge on any atom is 0.307 e. The highest BCUT2D eigenvalue weighted by Gasteiger charge is 2.08. The standard InChI is InChI=1S/C12H16BrNO2/c1-2-11(14)7-12(15)16-8-9-3-5-10(13)6-4-9/h3-6,11H,2,7-8,14H2,1H3. The maximum absolute atomic E-state index is 11.3. The third-order valence-corrected chi connectivity index (χ3v) is 2.79. The number of carbonyl (C=O) groups excluding carboxylic acids is 1. The Morgan fingerprint density at radius 2 is 2.06 bits per heavy atom. The van der Waals surface area contributed by atoms with Crippen LogP contribution >= 0.6 is 15.9 Å². The fraction of sp³-hybridized carbons (Fsp3) is 0.417. The van der Waals surface area contributed by atoms with E-state index in [4.69, 9.17) is 10.5 Å². The molecule has 0 radical (unpaired) electrons. The summed E-state index contributed by atoms with van der Waals surface area (Å²) in [7, 11) is 0. The van der Waals surface area contributed by atoms with Gasteiger partial charge in [0.1, 0.15) is 6.61 Å². The minimum Gasteiger partial charge on any atom is -0.461 e. The zero-order valence-corrected chi connectivity index (χ0v) is 10.9. The number of hydrogen-bond acceptors (Lipinski definition) is 3. The van der Waals surface area contributed by atoms with Crippen molar-refractivity contribution in [1.29, 1.82) is 0 Å². The van der Waals surface area contributed by atoms with E-state index in [9.17, 15) is 4.79 Å². The van der Waals surface area contributed by atoms with Crippen molar-refractivity contribution in [2.45, 2.75) is 32.4 Å². The van der Waals surface area contributed by atoms with Gasteiger partial charge in [0.05, 0.1) is 6.42 Å². The van der Waals surface area contributed by atoms with E-state index in [1.165, 1.54) is 0 Å². The van der Waals surface area contributed by atoms with Gasteiger partial charge < -0.3 is 10.5 Å². The van der Waals surface area contributed by atoms with Gasteiger partial charge in [-0.25, -0.2) is 0 Å². The molecule has 16 heavy (non-hydrogen) atoms. The predicted octanol–water partition coefficient (Wildman–Crippen LogP) is 2.62. The molecular formula is C12H16BrNO2. The van der Waals surface area contributed by atoms with Crippen molar-refractivity contribution in [2.24, 2.45) is 5.73 Å². The third-order valence-electron chi connectivity index (χ3n) is 2.27. The molecule has 2 N–H and O–H groups in total. The van der Waals surface area contributed by atoms with Gasteiger partial charge in [-0.2, -0.15) is 0 Å². The van der Waals surface area contributed by atoms with E-state index >= 15 is 0 Å².